The number of halogens is 3. The summed E-state index contributed by atoms with van der Waals surface area (Å²) in [7, 11) is 1.54. The summed E-state index contributed by atoms with van der Waals surface area (Å²) in [4.78, 5) is 55.7. The summed E-state index contributed by atoms with van der Waals surface area (Å²) in [5.41, 5.74) is 6.01. The molecule has 6 N–H and O–H groups in total. The average Bonchev–Trinajstić information content (AvgIpc) is 1.64. The minimum absolute atomic E-state index is 0.00430. The van der Waals surface area contributed by atoms with E-state index in [4.69, 9.17) is 27.9 Å². The molecular formula is C62H64Cl2FN13O5S2. The van der Waals surface area contributed by atoms with Gasteiger partial charge in [-0.05, 0) is 129 Å². The second-order valence-electron chi connectivity index (χ2n) is 24.8. The summed E-state index contributed by atoms with van der Waals surface area (Å²) in [6.07, 6.45) is 3.39. The lowest BCUT2D eigenvalue weighted by molar-refractivity contribution is 0.117. The molecule has 0 unspecified atom stereocenters. The quantitative estimate of drug-likeness (QED) is 0.0627. The van der Waals surface area contributed by atoms with Gasteiger partial charge in [-0.25, -0.2) is 33.9 Å². The molecule has 0 aliphatic carbocycles. The number of rotatable bonds is 12. The highest BCUT2D eigenvalue weighted by atomic mass is 35.5. The Kier molecular flexibility index (Phi) is 15.2. The van der Waals surface area contributed by atoms with E-state index in [1.54, 1.807) is 36.4 Å². The second kappa shape index (κ2) is 22.4. The highest BCUT2D eigenvalue weighted by molar-refractivity contribution is 7.22. The Bertz CT molecular complexity index is 4000. The van der Waals surface area contributed by atoms with Gasteiger partial charge in [-0.1, -0.05) is 98.7 Å². The fourth-order valence-corrected chi connectivity index (χ4v) is 15.5. The standard InChI is InChI=1S/C62H64Cl2FN13O5S2/c1-59(2,3)31-75-23-21-62(22-24-75)34-78(52-45(80)28-37(65)50(64)49(52)62)43-27-35(11-13-39(43)68-56(82)74-57-69-40-14-17-46(63)71-53(40)84-57)29-60(4,5)32-76-25-19-61(20-26-76)33-77(51-44(79)16-12-36(30-66)48(51)61)42-10-8-7-9-38(42)67-55(81)73-58-70-41-15-18-47(83-6)72-54(41)85-58/h7-18,27-28,79-80H,19-26,29,31-34H2,1-6H3,(H2,67,70,73,81)(H2,68,69,74,82). The van der Waals surface area contributed by atoms with Crippen LogP contribution in [0.5, 0.6) is 17.4 Å². The first kappa shape index (κ1) is 57.8. The maximum atomic E-state index is 15.8. The SMILES string of the molecule is COc1ccc2nc(NC(=O)Nc3ccccc3N3CC4(CCN(CC(C)(C)Cc5ccc(NC(=O)Nc6nc7ccc(Cl)nc7s6)c(N6CC7(CCN(CC(C)(C)C)CC7)c7c(Cl)c(F)cc(O)c76)c5)CC4)c4c(C#N)ccc(O)c43)sc2n1. The van der Waals surface area contributed by atoms with Crippen LogP contribution < -0.4 is 35.8 Å². The van der Waals surface area contributed by atoms with Crippen LogP contribution in [-0.4, -0.2) is 111 Å². The normalized spacial score (nSPS) is 16.7. The lowest BCUT2D eigenvalue weighted by atomic mass is 9.72. The second-order valence-corrected chi connectivity index (χ2v) is 27.5. The van der Waals surface area contributed by atoms with Gasteiger partial charge >= 0.3 is 12.1 Å². The molecule has 4 amide bonds. The van der Waals surface area contributed by atoms with Crippen LogP contribution in [0.2, 0.25) is 10.2 Å². The number of hydrogen-bond acceptors (Lipinski definition) is 16. The Morgan fingerprint density at radius 2 is 1.27 bits per heavy atom. The number of amides is 4. The summed E-state index contributed by atoms with van der Waals surface area (Å²) in [6.45, 7) is 16.6. The molecule has 18 nitrogen and oxygen atoms in total. The molecule has 12 rings (SSSR count). The minimum atomic E-state index is -0.680. The molecule has 0 bridgehead atoms. The molecule has 4 aromatic heterocycles. The van der Waals surface area contributed by atoms with Crippen LogP contribution >= 0.6 is 45.9 Å². The Balaban J connectivity index is 0.794. The van der Waals surface area contributed by atoms with Crippen molar-refractivity contribution in [3.05, 3.63) is 123 Å². The summed E-state index contributed by atoms with van der Waals surface area (Å²) < 4.78 is 21.1. The predicted octanol–water partition coefficient (Wildman–Crippen LogP) is 14.0. The van der Waals surface area contributed by atoms with Gasteiger partial charge in [0.25, 0.3) is 0 Å². The monoisotopic (exact) mass is 1220 g/mol. The van der Waals surface area contributed by atoms with E-state index in [2.05, 4.69) is 97.8 Å². The molecular weight excluding hydrogens is 1160 g/mol. The zero-order chi connectivity index (χ0) is 59.7. The molecule has 23 heteroatoms. The number of ether oxygens (including phenoxy) is 1. The molecule has 4 aliphatic heterocycles. The number of phenols is 2. The number of urea groups is 2. The van der Waals surface area contributed by atoms with Gasteiger partial charge in [-0.3, -0.25) is 10.6 Å². The average molecular weight is 1230 g/mol. The molecule has 2 fully saturated rings. The number of carbonyl (C=O) groups excluding carboxylic acids is 2. The van der Waals surface area contributed by atoms with E-state index in [1.165, 1.54) is 29.8 Å². The third-order valence-electron chi connectivity index (χ3n) is 16.8. The molecule has 2 spiro atoms. The zero-order valence-electron chi connectivity index (χ0n) is 47.9. The number of nitrogens with zero attached hydrogens (tertiary/aromatic N) is 9. The van der Waals surface area contributed by atoms with Crippen molar-refractivity contribution in [1.82, 2.24) is 29.7 Å². The lowest BCUT2D eigenvalue weighted by Gasteiger charge is -2.43. The molecule has 440 valence electrons. The largest absolute Gasteiger partial charge is 0.506 e. The van der Waals surface area contributed by atoms with Gasteiger partial charge in [-0.15, -0.1) is 0 Å². The molecule has 85 heavy (non-hydrogen) atoms. The molecule has 2 saturated heterocycles. The van der Waals surface area contributed by atoms with Crippen LogP contribution in [0.15, 0.2) is 84.9 Å². The number of benzene rings is 4. The minimum Gasteiger partial charge on any atom is -0.506 e. The number of para-hydroxylation sites is 2. The summed E-state index contributed by atoms with van der Waals surface area (Å²) in [5.74, 6) is -0.423. The van der Waals surface area contributed by atoms with Crippen molar-refractivity contribution in [3.63, 3.8) is 0 Å². The predicted molar refractivity (Wildman–Crippen MR) is 336 cm³/mol. The molecule has 8 heterocycles. The number of anilines is 8. The first-order valence-corrected chi connectivity index (χ1v) is 30.6. The van der Waals surface area contributed by atoms with E-state index in [-0.39, 0.29) is 27.4 Å². The third kappa shape index (κ3) is 11.4. The fourth-order valence-electron chi connectivity index (χ4n) is 13.3. The van der Waals surface area contributed by atoms with Gasteiger partial charge in [0.05, 0.1) is 57.9 Å². The van der Waals surface area contributed by atoms with Gasteiger partial charge in [0, 0.05) is 60.3 Å². The van der Waals surface area contributed by atoms with E-state index < -0.39 is 28.7 Å². The van der Waals surface area contributed by atoms with Crippen LogP contribution in [0.3, 0.4) is 0 Å². The number of piperidine rings is 2. The maximum Gasteiger partial charge on any atom is 0.325 e. The topological polar surface area (TPSA) is 220 Å². The van der Waals surface area contributed by atoms with E-state index in [0.717, 1.165) is 43.4 Å². The number of nitrogens with one attached hydrogen (secondary N) is 4. The summed E-state index contributed by atoms with van der Waals surface area (Å²) >= 11 is 15.6. The van der Waals surface area contributed by atoms with E-state index in [1.807, 2.05) is 46.2 Å². The zero-order valence-corrected chi connectivity index (χ0v) is 51.0. The van der Waals surface area contributed by atoms with Crippen LogP contribution in [-0.2, 0) is 17.3 Å². The van der Waals surface area contributed by atoms with Crippen molar-refractivity contribution in [2.24, 2.45) is 10.8 Å². The summed E-state index contributed by atoms with van der Waals surface area (Å²) in [6, 6.07) is 26.0. The molecule has 8 aromatic rings. The number of aromatic nitrogens is 4. The fraction of sp³-hybridized carbons (Fsp3) is 0.371. The first-order chi connectivity index (χ1) is 40.6. The number of methoxy groups -OCH3 is 1. The van der Waals surface area contributed by atoms with Crippen LogP contribution in [0, 0.1) is 28.0 Å². The maximum absolute atomic E-state index is 15.8. The van der Waals surface area contributed by atoms with Gasteiger partial charge in [0.15, 0.2) is 10.3 Å². The Morgan fingerprint density at radius 3 is 1.91 bits per heavy atom. The molecule has 4 aliphatic rings. The third-order valence-corrected chi connectivity index (χ3v) is 19.1. The van der Waals surface area contributed by atoms with E-state index in [9.17, 15) is 25.1 Å². The van der Waals surface area contributed by atoms with E-state index in [0.29, 0.717) is 146 Å². The van der Waals surface area contributed by atoms with Crippen molar-refractivity contribution < 1.29 is 28.9 Å². The van der Waals surface area contributed by atoms with Crippen LogP contribution in [0.25, 0.3) is 20.7 Å². The molecule has 0 atom stereocenters. The van der Waals surface area contributed by atoms with Crippen molar-refractivity contribution in [3.8, 4) is 23.4 Å². The van der Waals surface area contributed by atoms with Crippen LogP contribution in [0.4, 0.5) is 58.4 Å². The van der Waals surface area contributed by atoms with Gasteiger partial charge in [-0.2, -0.15) is 5.26 Å². The Morgan fingerprint density at radius 1 is 0.694 bits per heavy atom. The first-order valence-electron chi connectivity index (χ1n) is 28.2. The number of nitriles is 1. The highest BCUT2D eigenvalue weighted by Crippen LogP contribution is 2.58. The van der Waals surface area contributed by atoms with Crippen LogP contribution in [0.1, 0.15) is 82.6 Å². The van der Waals surface area contributed by atoms with Gasteiger partial charge in [0.1, 0.15) is 43.2 Å². The number of hydrogen-bond donors (Lipinski definition) is 6. The number of aromatic hydroxyl groups is 2. The number of fused-ring (bicyclic) bond motifs is 6. The number of pyridine rings is 2. The van der Waals surface area contributed by atoms with Crippen molar-refractivity contribution >= 4 is 123 Å². The Hall–Kier alpha value is -7.58. The number of thiazole rings is 2. The van der Waals surface area contributed by atoms with Gasteiger partial charge < -0.3 is 45.2 Å². The van der Waals surface area contributed by atoms with E-state index >= 15 is 4.39 Å². The van der Waals surface area contributed by atoms with Crippen molar-refractivity contribution in [2.75, 3.05) is 90.5 Å². The number of likely N-dealkylation sites (tertiary alicyclic amines) is 2. The molecule has 4 aromatic carbocycles. The molecule has 0 radical (unpaired) electrons. The smallest absolute Gasteiger partial charge is 0.325 e. The Labute approximate surface area is 509 Å². The lowest BCUT2D eigenvalue weighted by Crippen LogP contribution is -2.47. The highest BCUT2D eigenvalue weighted by Gasteiger charge is 2.51. The number of phenolic OH excluding ortho intramolecular Hbond substituents is 2. The summed E-state index contributed by atoms with van der Waals surface area (Å²) in [5, 5.41) is 47.0. The van der Waals surface area contributed by atoms with Crippen molar-refractivity contribution in [1.29, 1.82) is 5.26 Å². The van der Waals surface area contributed by atoms with Gasteiger partial charge in [0.2, 0.25) is 5.88 Å². The van der Waals surface area contributed by atoms with Crippen molar-refractivity contribution in [2.45, 2.75) is 77.6 Å². The number of carbonyl (C=O) groups is 2. The molecule has 0 saturated carbocycles.